The van der Waals surface area contributed by atoms with Crippen molar-refractivity contribution in [1.82, 2.24) is 9.88 Å². The van der Waals surface area contributed by atoms with Crippen LogP contribution in [0.15, 0.2) is 18.3 Å². The van der Waals surface area contributed by atoms with E-state index in [9.17, 15) is 4.79 Å². The van der Waals surface area contributed by atoms with Crippen LogP contribution in [0.25, 0.3) is 0 Å². The summed E-state index contributed by atoms with van der Waals surface area (Å²) >= 11 is 0. The van der Waals surface area contributed by atoms with E-state index in [-0.39, 0.29) is 17.9 Å². The number of likely N-dealkylation sites (tertiary alicyclic amines) is 1. The van der Waals surface area contributed by atoms with Gasteiger partial charge in [-0.15, -0.1) is 0 Å². The standard InChI is InChI=1S/C17H22N2O2/c1-17(2,3)14-8-9-19(12-14)16(21)15-7-6-13(11-18-15)5-4-10-20/h6-7,11,14,20H,8-10,12H2,1-3H3. The highest BCUT2D eigenvalue weighted by Crippen LogP contribution is 2.33. The smallest absolute Gasteiger partial charge is 0.272 e. The molecule has 0 radical (unpaired) electrons. The number of hydrogen-bond donors (Lipinski definition) is 1. The molecule has 0 aromatic carbocycles. The monoisotopic (exact) mass is 286 g/mol. The van der Waals surface area contributed by atoms with Crippen molar-refractivity contribution in [2.45, 2.75) is 27.2 Å². The van der Waals surface area contributed by atoms with Crippen LogP contribution in [0.2, 0.25) is 0 Å². The highest BCUT2D eigenvalue weighted by Gasteiger charge is 2.34. The number of hydrogen-bond acceptors (Lipinski definition) is 3. The lowest BCUT2D eigenvalue weighted by Crippen LogP contribution is -2.31. The number of aromatic nitrogens is 1. The molecule has 112 valence electrons. The molecule has 1 fully saturated rings. The minimum atomic E-state index is -0.178. The maximum Gasteiger partial charge on any atom is 0.272 e. The summed E-state index contributed by atoms with van der Waals surface area (Å²) in [4.78, 5) is 18.5. The molecule has 4 nitrogen and oxygen atoms in total. The van der Waals surface area contributed by atoms with Gasteiger partial charge in [-0.1, -0.05) is 32.6 Å². The maximum absolute atomic E-state index is 12.4. The third-order valence-electron chi connectivity index (χ3n) is 3.99. The lowest BCUT2D eigenvalue weighted by Gasteiger charge is -2.26. The van der Waals surface area contributed by atoms with Crippen molar-refractivity contribution < 1.29 is 9.90 Å². The third-order valence-corrected chi connectivity index (χ3v) is 3.99. The summed E-state index contributed by atoms with van der Waals surface area (Å²) in [5, 5.41) is 8.65. The fraction of sp³-hybridized carbons (Fsp3) is 0.529. The van der Waals surface area contributed by atoms with Gasteiger partial charge in [0.15, 0.2) is 0 Å². The quantitative estimate of drug-likeness (QED) is 0.803. The average molecular weight is 286 g/mol. The first-order valence-electron chi connectivity index (χ1n) is 7.27. The number of nitrogens with zero attached hydrogens (tertiary/aromatic N) is 2. The normalized spacial score (nSPS) is 18.3. The molecule has 0 aliphatic carbocycles. The summed E-state index contributed by atoms with van der Waals surface area (Å²) in [5.74, 6) is 5.86. The molecule has 1 aromatic rings. The number of aliphatic hydroxyl groups excluding tert-OH is 1. The molecule has 1 amide bonds. The Morgan fingerprint density at radius 2 is 2.24 bits per heavy atom. The van der Waals surface area contributed by atoms with E-state index in [0.717, 1.165) is 19.5 Å². The first-order chi connectivity index (χ1) is 9.91. The summed E-state index contributed by atoms with van der Waals surface area (Å²) in [7, 11) is 0. The van der Waals surface area contributed by atoms with Gasteiger partial charge in [0, 0.05) is 24.8 Å². The van der Waals surface area contributed by atoms with Crippen molar-refractivity contribution in [3.05, 3.63) is 29.6 Å². The summed E-state index contributed by atoms with van der Waals surface area (Å²) in [5.41, 5.74) is 1.39. The second kappa shape index (κ2) is 6.28. The lowest BCUT2D eigenvalue weighted by atomic mass is 9.80. The van der Waals surface area contributed by atoms with E-state index < -0.39 is 0 Å². The Morgan fingerprint density at radius 1 is 1.48 bits per heavy atom. The van der Waals surface area contributed by atoms with Crippen molar-refractivity contribution in [3.8, 4) is 11.8 Å². The number of pyridine rings is 1. The minimum absolute atomic E-state index is 0.0107. The molecule has 4 heteroatoms. The van der Waals surface area contributed by atoms with Crippen LogP contribution in [0, 0.1) is 23.2 Å². The molecule has 21 heavy (non-hydrogen) atoms. The first-order valence-corrected chi connectivity index (χ1v) is 7.27. The number of carbonyl (C=O) groups excluding carboxylic acids is 1. The fourth-order valence-corrected chi connectivity index (χ4v) is 2.55. The number of amides is 1. The number of carbonyl (C=O) groups is 1. The molecule has 0 bridgehead atoms. The van der Waals surface area contributed by atoms with Crippen molar-refractivity contribution in [2.24, 2.45) is 11.3 Å². The highest BCUT2D eigenvalue weighted by atomic mass is 16.2. The Kier molecular flexibility index (Phi) is 4.64. The van der Waals surface area contributed by atoms with Gasteiger partial charge >= 0.3 is 0 Å². The summed E-state index contributed by atoms with van der Waals surface area (Å²) in [6.07, 6.45) is 2.63. The van der Waals surface area contributed by atoms with Crippen LogP contribution in [-0.4, -0.2) is 40.6 Å². The van der Waals surface area contributed by atoms with Crippen molar-refractivity contribution in [2.75, 3.05) is 19.7 Å². The topological polar surface area (TPSA) is 53.4 Å². The molecule has 1 aliphatic rings. The van der Waals surface area contributed by atoms with Gasteiger partial charge in [0.05, 0.1) is 0 Å². The molecule has 1 aromatic heterocycles. The molecule has 2 heterocycles. The number of rotatable bonds is 1. The summed E-state index contributed by atoms with van der Waals surface area (Å²) in [6.45, 7) is 8.09. The van der Waals surface area contributed by atoms with E-state index >= 15 is 0 Å². The Morgan fingerprint density at radius 3 is 2.76 bits per heavy atom. The predicted molar refractivity (Wildman–Crippen MR) is 81.7 cm³/mol. The molecule has 0 saturated carbocycles. The molecule has 1 N–H and O–H groups in total. The van der Waals surface area contributed by atoms with E-state index in [0.29, 0.717) is 17.2 Å². The van der Waals surface area contributed by atoms with Crippen molar-refractivity contribution in [1.29, 1.82) is 0 Å². The highest BCUT2D eigenvalue weighted by molar-refractivity contribution is 5.92. The van der Waals surface area contributed by atoms with Gasteiger partial charge in [-0.25, -0.2) is 4.98 Å². The van der Waals surface area contributed by atoms with Gasteiger partial charge in [0.2, 0.25) is 0 Å². The van der Waals surface area contributed by atoms with Crippen LogP contribution in [0.5, 0.6) is 0 Å². The van der Waals surface area contributed by atoms with Gasteiger partial charge in [0.1, 0.15) is 12.3 Å². The SMILES string of the molecule is CC(C)(C)C1CCN(C(=O)c2ccc(C#CCO)cn2)C1. The van der Waals surface area contributed by atoms with E-state index in [2.05, 4.69) is 37.6 Å². The van der Waals surface area contributed by atoms with E-state index in [1.807, 2.05) is 4.90 Å². The third kappa shape index (κ3) is 3.83. The van der Waals surface area contributed by atoms with Crippen LogP contribution in [0.1, 0.15) is 43.2 Å². The zero-order chi connectivity index (χ0) is 15.5. The molecule has 1 unspecified atom stereocenters. The Hall–Kier alpha value is -1.86. The van der Waals surface area contributed by atoms with Crippen LogP contribution < -0.4 is 0 Å². The van der Waals surface area contributed by atoms with E-state index in [4.69, 9.17) is 5.11 Å². The minimum Gasteiger partial charge on any atom is -0.384 e. The van der Waals surface area contributed by atoms with Gasteiger partial charge in [-0.3, -0.25) is 4.79 Å². The zero-order valence-corrected chi connectivity index (χ0v) is 12.9. The second-order valence-corrected chi connectivity index (χ2v) is 6.49. The molecule has 0 spiro atoms. The van der Waals surface area contributed by atoms with Crippen LogP contribution >= 0.6 is 0 Å². The molecule has 1 atom stereocenters. The first kappa shape index (κ1) is 15.5. The van der Waals surface area contributed by atoms with Crippen LogP contribution in [0.4, 0.5) is 0 Å². The van der Waals surface area contributed by atoms with Gasteiger partial charge < -0.3 is 10.0 Å². The van der Waals surface area contributed by atoms with E-state index in [1.165, 1.54) is 0 Å². The number of aliphatic hydroxyl groups is 1. The summed E-state index contributed by atoms with van der Waals surface area (Å²) in [6, 6.07) is 3.47. The summed E-state index contributed by atoms with van der Waals surface area (Å²) < 4.78 is 0. The van der Waals surface area contributed by atoms with Crippen LogP contribution in [0.3, 0.4) is 0 Å². The Balaban J connectivity index is 2.04. The molecule has 2 rings (SSSR count). The largest absolute Gasteiger partial charge is 0.384 e. The van der Waals surface area contributed by atoms with E-state index in [1.54, 1.807) is 18.3 Å². The van der Waals surface area contributed by atoms with Crippen LogP contribution in [-0.2, 0) is 0 Å². The average Bonchev–Trinajstić information content (AvgIpc) is 2.95. The van der Waals surface area contributed by atoms with Gasteiger partial charge in [0.25, 0.3) is 5.91 Å². The Bertz CT molecular complexity index is 561. The Labute approximate surface area is 126 Å². The van der Waals surface area contributed by atoms with Gasteiger partial charge in [-0.05, 0) is 29.9 Å². The molecular formula is C17H22N2O2. The molecule has 1 aliphatic heterocycles. The second-order valence-electron chi connectivity index (χ2n) is 6.49. The molecular weight excluding hydrogens is 264 g/mol. The van der Waals surface area contributed by atoms with Crippen molar-refractivity contribution >= 4 is 5.91 Å². The van der Waals surface area contributed by atoms with Crippen molar-refractivity contribution in [3.63, 3.8) is 0 Å². The lowest BCUT2D eigenvalue weighted by molar-refractivity contribution is 0.0771. The zero-order valence-electron chi connectivity index (χ0n) is 12.9. The maximum atomic E-state index is 12.4. The van der Waals surface area contributed by atoms with Gasteiger partial charge in [-0.2, -0.15) is 0 Å². The fourth-order valence-electron chi connectivity index (χ4n) is 2.55. The predicted octanol–water partition coefficient (Wildman–Crippen LogP) is 1.93. The molecule has 1 saturated heterocycles.